The molecule has 7 heteroatoms. The van der Waals surface area contributed by atoms with Crippen LogP contribution < -0.4 is 4.57 Å². The van der Waals surface area contributed by atoms with Crippen LogP contribution in [0.1, 0.15) is 12.6 Å². The Balaban J connectivity index is 0. The number of pyridine rings is 1. The third-order valence-corrected chi connectivity index (χ3v) is 2.16. The van der Waals surface area contributed by atoms with Gasteiger partial charge in [0.2, 0.25) is 5.69 Å². The second-order valence-corrected chi connectivity index (χ2v) is 3.90. The molecule has 1 aromatic rings. The summed E-state index contributed by atoms with van der Waals surface area (Å²) in [5.74, 6) is 0. The summed E-state index contributed by atoms with van der Waals surface area (Å²) in [5.41, 5.74) is 1.17. The minimum absolute atomic E-state index is 0. The Bertz CT molecular complexity index is 434. The van der Waals surface area contributed by atoms with E-state index in [2.05, 4.69) is 34.5 Å². The van der Waals surface area contributed by atoms with Gasteiger partial charge in [-0.1, -0.05) is 6.58 Å². The van der Waals surface area contributed by atoms with Crippen molar-refractivity contribution in [3.63, 3.8) is 0 Å². The first-order chi connectivity index (χ1) is 7.44. The van der Waals surface area contributed by atoms with Crippen LogP contribution in [0, 0.1) is 0 Å². The van der Waals surface area contributed by atoms with E-state index in [1.165, 1.54) is 5.69 Å². The molecule has 0 aromatic carbocycles. The zero-order chi connectivity index (χ0) is 12.6. The van der Waals surface area contributed by atoms with Gasteiger partial charge >= 0.3 is 10.4 Å². The molecule has 5 nitrogen and oxygen atoms in total. The van der Waals surface area contributed by atoms with E-state index in [0.29, 0.717) is 0 Å². The lowest BCUT2D eigenvalue weighted by Crippen LogP contribution is -2.34. The van der Waals surface area contributed by atoms with Crippen LogP contribution in [0.15, 0.2) is 31.0 Å². The van der Waals surface area contributed by atoms with Crippen LogP contribution in [0.4, 0.5) is 0 Å². The molecule has 0 spiro atoms. The zero-order valence-corrected chi connectivity index (χ0v) is 12.3. The number of aryl methyl sites for hydroxylation is 1. The third kappa shape index (κ3) is 8.99. The van der Waals surface area contributed by atoms with Crippen molar-refractivity contribution in [2.75, 3.05) is 7.11 Å². The van der Waals surface area contributed by atoms with Gasteiger partial charge in [0.1, 0.15) is 6.54 Å². The van der Waals surface area contributed by atoms with E-state index < -0.39 is 10.4 Å². The Morgan fingerprint density at radius 3 is 2.35 bits per heavy atom. The lowest BCUT2D eigenvalue weighted by atomic mass is 10.3. The van der Waals surface area contributed by atoms with Crippen molar-refractivity contribution in [1.29, 1.82) is 0 Å². The molecule has 0 atom stereocenters. The molecule has 0 amide bonds. The molecule has 0 aliphatic heterocycles. The number of hydrogen-bond donors (Lipinski definition) is 1. The molecule has 0 fully saturated rings. The summed E-state index contributed by atoms with van der Waals surface area (Å²) in [6, 6.07) is 6.09. The van der Waals surface area contributed by atoms with E-state index in [0.717, 1.165) is 13.7 Å². The second kappa shape index (κ2) is 9.29. The summed E-state index contributed by atoms with van der Waals surface area (Å²) in [7, 11) is -3.29. The summed E-state index contributed by atoms with van der Waals surface area (Å²) >= 11 is 0. The fourth-order valence-electron chi connectivity index (χ4n) is 0.963. The van der Waals surface area contributed by atoms with Gasteiger partial charge < -0.3 is 0 Å². The van der Waals surface area contributed by atoms with E-state index in [9.17, 15) is 8.42 Å². The molecule has 17 heavy (non-hydrogen) atoms. The molecule has 0 bridgehead atoms. The van der Waals surface area contributed by atoms with Crippen molar-refractivity contribution >= 4 is 33.5 Å². The average Bonchev–Trinajstić information content (AvgIpc) is 2.28. The quantitative estimate of drug-likeness (QED) is 0.677. The summed E-state index contributed by atoms with van der Waals surface area (Å²) in [6.07, 6.45) is 3.92. The predicted octanol–water partition coefficient (Wildman–Crippen LogP) is 1.65. The molecule has 0 radical (unpaired) electrons. The van der Waals surface area contributed by atoms with Crippen LogP contribution in [-0.2, 0) is 21.1 Å². The molecule has 98 valence electrons. The smallest absolute Gasteiger partial charge is 0.264 e. The van der Waals surface area contributed by atoms with E-state index in [-0.39, 0.29) is 17.0 Å². The highest BCUT2D eigenvalue weighted by Crippen LogP contribution is 1.91. The maximum Gasteiger partial charge on any atom is 0.397 e. The van der Waals surface area contributed by atoms with Crippen molar-refractivity contribution in [2.45, 2.75) is 13.5 Å². The molecule has 0 saturated carbocycles. The zero-order valence-electron chi connectivity index (χ0n) is 9.74. The summed E-state index contributed by atoms with van der Waals surface area (Å²) in [4.78, 5) is 0. The van der Waals surface area contributed by atoms with Crippen LogP contribution in [-0.4, -0.2) is 20.1 Å². The van der Waals surface area contributed by atoms with Crippen molar-refractivity contribution in [1.82, 2.24) is 0 Å². The first-order valence-electron chi connectivity index (χ1n) is 4.58. The van der Waals surface area contributed by atoms with Gasteiger partial charge in [-0.15, -0.1) is 17.0 Å². The van der Waals surface area contributed by atoms with Crippen LogP contribution in [0.3, 0.4) is 0 Å². The molecule has 1 N–H and O–H groups in total. The Hall–Kier alpha value is -0.760. The average molecular weight is 327 g/mol. The molecule has 0 unspecified atom stereocenters. The molecule has 0 aliphatic carbocycles. The molecule has 1 rings (SSSR count). The van der Waals surface area contributed by atoms with Gasteiger partial charge in [-0.3, -0.25) is 8.74 Å². The monoisotopic (exact) mass is 326 g/mol. The molecule has 0 saturated heterocycles. The fourth-order valence-corrected chi connectivity index (χ4v) is 0.963. The largest absolute Gasteiger partial charge is 0.397 e. The lowest BCUT2D eigenvalue weighted by molar-refractivity contribution is -0.695. The maximum atomic E-state index is 9.33. The Kier molecular flexibility index (Phi) is 10.2. The lowest BCUT2D eigenvalue weighted by Gasteiger charge is -1.93. The summed E-state index contributed by atoms with van der Waals surface area (Å²) in [5, 5.41) is 0. The van der Waals surface area contributed by atoms with Crippen molar-refractivity contribution in [2.24, 2.45) is 0 Å². The topological polar surface area (TPSA) is 67.5 Å². The Labute approximate surface area is 112 Å². The minimum atomic E-state index is -4.16. The van der Waals surface area contributed by atoms with E-state index in [1.807, 2.05) is 18.2 Å². The molecule has 1 heterocycles. The van der Waals surface area contributed by atoms with Crippen LogP contribution in [0.5, 0.6) is 0 Å². The van der Waals surface area contributed by atoms with Gasteiger partial charge in [-0.25, -0.2) is 0 Å². The molecular formula is C10H17BrNO4S+. The molecular weight excluding hydrogens is 310 g/mol. The minimum Gasteiger partial charge on any atom is -0.264 e. The van der Waals surface area contributed by atoms with E-state index in [1.54, 1.807) is 0 Å². The SMILES string of the molecule is Br.C=Cc1cccc[n+]1CC.COS(=O)(=O)O. The number of halogens is 1. The first-order valence-corrected chi connectivity index (χ1v) is 5.95. The predicted molar refractivity (Wildman–Crippen MR) is 71.3 cm³/mol. The normalized spacial score (nSPS) is 9.59. The third-order valence-electron chi connectivity index (χ3n) is 1.74. The number of aromatic nitrogens is 1. The van der Waals surface area contributed by atoms with Gasteiger partial charge in [-0.2, -0.15) is 13.0 Å². The van der Waals surface area contributed by atoms with Gasteiger partial charge in [0.25, 0.3) is 0 Å². The van der Waals surface area contributed by atoms with Crippen LogP contribution >= 0.6 is 17.0 Å². The summed E-state index contributed by atoms with van der Waals surface area (Å²) in [6.45, 7) is 6.84. The highest BCUT2D eigenvalue weighted by atomic mass is 79.9. The van der Waals surface area contributed by atoms with Crippen molar-refractivity contribution < 1.29 is 21.7 Å². The summed E-state index contributed by atoms with van der Waals surface area (Å²) < 4.78 is 31.9. The van der Waals surface area contributed by atoms with Crippen molar-refractivity contribution in [3.05, 3.63) is 36.7 Å². The number of hydrogen-bond acceptors (Lipinski definition) is 3. The van der Waals surface area contributed by atoms with Crippen LogP contribution in [0.2, 0.25) is 0 Å². The molecule has 0 aliphatic rings. The molecule has 1 aromatic heterocycles. The number of nitrogens with zero attached hydrogens (tertiary/aromatic N) is 1. The van der Waals surface area contributed by atoms with Gasteiger partial charge in [0, 0.05) is 18.2 Å². The van der Waals surface area contributed by atoms with Crippen molar-refractivity contribution in [3.8, 4) is 0 Å². The van der Waals surface area contributed by atoms with Gasteiger partial charge in [0.15, 0.2) is 6.20 Å². The fraction of sp³-hybridized carbons (Fsp3) is 0.300. The van der Waals surface area contributed by atoms with E-state index >= 15 is 0 Å². The first kappa shape index (κ1) is 18.6. The highest BCUT2D eigenvalue weighted by molar-refractivity contribution is 8.93. The van der Waals surface area contributed by atoms with Crippen LogP contribution in [0.25, 0.3) is 6.08 Å². The Morgan fingerprint density at radius 1 is 1.53 bits per heavy atom. The second-order valence-electron chi connectivity index (χ2n) is 2.71. The van der Waals surface area contributed by atoms with Gasteiger partial charge in [0.05, 0.1) is 7.11 Å². The van der Waals surface area contributed by atoms with E-state index in [4.69, 9.17) is 4.55 Å². The maximum absolute atomic E-state index is 9.33. The Morgan fingerprint density at radius 2 is 2.06 bits per heavy atom. The highest BCUT2D eigenvalue weighted by Gasteiger charge is 1.99. The number of rotatable bonds is 3. The van der Waals surface area contributed by atoms with Gasteiger partial charge in [-0.05, 0) is 13.0 Å². The standard InChI is InChI=1S/C9H12N.CH4O4S.BrH/c1-3-9-7-5-6-8-10(9)4-2;1-5-6(2,3)4;/h3,5-8H,1,4H2,2H3;1H3,(H,2,3,4);1H/q+1;;.